The Morgan fingerprint density at radius 3 is 3.05 bits per heavy atom. The second kappa shape index (κ2) is 4.41. The lowest BCUT2D eigenvalue weighted by Gasteiger charge is -2.12. The zero-order valence-corrected chi connectivity index (χ0v) is 11.2. The normalized spacial score (nSPS) is 21.8. The van der Waals surface area contributed by atoms with Crippen molar-refractivity contribution in [1.29, 1.82) is 0 Å². The number of anilines is 2. The summed E-state index contributed by atoms with van der Waals surface area (Å²) in [4.78, 5) is 0. The number of benzene rings is 1. The molecule has 1 aromatic heterocycles. The summed E-state index contributed by atoms with van der Waals surface area (Å²) in [5.41, 5.74) is 8.34. The Kier molecular flexibility index (Phi) is 2.85. The van der Waals surface area contributed by atoms with E-state index >= 15 is 0 Å². The van der Waals surface area contributed by atoms with E-state index in [1.807, 2.05) is 12.1 Å². The molecule has 0 aliphatic carbocycles. The molecule has 1 saturated heterocycles. The molecule has 0 bridgehead atoms. The van der Waals surface area contributed by atoms with E-state index in [1.54, 1.807) is 6.20 Å². The summed E-state index contributed by atoms with van der Waals surface area (Å²) in [5, 5.41) is 11.0. The number of hydrogen-bond acceptors (Lipinski definition) is 5. The fraction of sp³-hybridized carbons (Fsp3) is 0.417. The minimum absolute atomic E-state index is 0.168. The van der Waals surface area contributed by atoms with Crippen LogP contribution in [-0.4, -0.2) is 36.7 Å². The predicted octanol–water partition coefficient (Wildman–Crippen LogP) is 0.992. The van der Waals surface area contributed by atoms with Crippen LogP contribution in [0.25, 0.3) is 10.9 Å². The minimum Gasteiger partial charge on any atom is -0.397 e. The number of nitrogen functional groups attached to an aromatic ring is 1. The summed E-state index contributed by atoms with van der Waals surface area (Å²) in [7, 11) is -2.82. The van der Waals surface area contributed by atoms with Crippen LogP contribution in [-0.2, 0) is 9.84 Å². The van der Waals surface area contributed by atoms with E-state index in [4.69, 9.17) is 5.73 Å². The van der Waals surface area contributed by atoms with E-state index in [2.05, 4.69) is 15.5 Å². The molecule has 102 valence electrons. The Labute approximate surface area is 111 Å². The fourth-order valence-electron chi connectivity index (χ4n) is 2.45. The Morgan fingerprint density at radius 2 is 2.32 bits per heavy atom. The summed E-state index contributed by atoms with van der Waals surface area (Å²) >= 11 is 0. The van der Waals surface area contributed by atoms with Gasteiger partial charge in [-0.1, -0.05) is 0 Å². The monoisotopic (exact) mass is 280 g/mol. The average Bonchev–Trinajstić information content (AvgIpc) is 2.92. The molecule has 3 rings (SSSR count). The van der Waals surface area contributed by atoms with Crippen molar-refractivity contribution in [2.45, 2.75) is 6.42 Å². The number of hydrogen-bond donors (Lipinski definition) is 3. The van der Waals surface area contributed by atoms with Crippen molar-refractivity contribution >= 4 is 32.1 Å². The third-order valence-corrected chi connectivity index (χ3v) is 5.36. The maximum absolute atomic E-state index is 11.4. The molecule has 4 N–H and O–H groups in total. The number of rotatable bonds is 3. The maximum Gasteiger partial charge on any atom is 0.150 e. The van der Waals surface area contributed by atoms with Gasteiger partial charge in [0, 0.05) is 11.9 Å². The first-order valence-electron chi connectivity index (χ1n) is 6.20. The van der Waals surface area contributed by atoms with Gasteiger partial charge in [-0.15, -0.1) is 0 Å². The van der Waals surface area contributed by atoms with Crippen molar-refractivity contribution in [2.75, 3.05) is 29.1 Å². The van der Waals surface area contributed by atoms with Crippen LogP contribution in [0.2, 0.25) is 0 Å². The van der Waals surface area contributed by atoms with Crippen LogP contribution < -0.4 is 11.1 Å². The highest BCUT2D eigenvalue weighted by Gasteiger charge is 2.27. The smallest absolute Gasteiger partial charge is 0.150 e. The van der Waals surface area contributed by atoms with Gasteiger partial charge in [0.05, 0.1) is 34.6 Å². The summed E-state index contributed by atoms with van der Waals surface area (Å²) in [6.45, 7) is 0.628. The highest BCUT2D eigenvalue weighted by atomic mass is 32.2. The van der Waals surface area contributed by atoms with E-state index in [0.29, 0.717) is 18.0 Å². The Balaban J connectivity index is 1.73. The molecule has 2 aromatic rings. The van der Waals surface area contributed by atoms with Gasteiger partial charge in [0.25, 0.3) is 0 Å². The number of aromatic amines is 1. The predicted molar refractivity (Wildman–Crippen MR) is 75.8 cm³/mol. The molecular weight excluding hydrogens is 264 g/mol. The molecule has 0 spiro atoms. The minimum atomic E-state index is -2.82. The molecular formula is C12H16N4O2S. The third-order valence-electron chi connectivity index (χ3n) is 3.52. The molecule has 1 fully saturated rings. The van der Waals surface area contributed by atoms with Crippen molar-refractivity contribution < 1.29 is 8.42 Å². The van der Waals surface area contributed by atoms with Crippen molar-refractivity contribution in [2.24, 2.45) is 5.92 Å². The Morgan fingerprint density at radius 1 is 1.47 bits per heavy atom. The second-order valence-corrected chi connectivity index (χ2v) is 7.28. The Bertz CT molecular complexity index is 708. The summed E-state index contributed by atoms with van der Waals surface area (Å²) in [5.74, 6) is 0.738. The van der Waals surface area contributed by atoms with Gasteiger partial charge >= 0.3 is 0 Å². The van der Waals surface area contributed by atoms with Gasteiger partial charge in [0.2, 0.25) is 0 Å². The van der Waals surface area contributed by atoms with Gasteiger partial charge in [-0.25, -0.2) is 8.42 Å². The van der Waals surface area contributed by atoms with Crippen molar-refractivity contribution in [3.05, 3.63) is 18.3 Å². The summed E-state index contributed by atoms with van der Waals surface area (Å²) in [6, 6.07) is 3.76. The SMILES string of the molecule is Nc1cc2cn[nH]c2cc1NCC1CCS(=O)(=O)C1. The highest BCUT2D eigenvalue weighted by molar-refractivity contribution is 7.91. The van der Waals surface area contributed by atoms with Gasteiger partial charge < -0.3 is 11.1 Å². The number of nitrogens with one attached hydrogen (secondary N) is 2. The lowest BCUT2D eigenvalue weighted by Crippen LogP contribution is -2.16. The van der Waals surface area contributed by atoms with Gasteiger partial charge in [-0.05, 0) is 24.5 Å². The van der Waals surface area contributed by atoms with Crippen LogP contribution in [0.3, 0.4) is 0 Å². The van der Waals surface area contributed by atoms with Crippen LogP contribution in [0.1, 0.15) is 6.42 Å². The first-order valence-corrected chi connectivity index (χ1v) is 8.02. The summed E-state index contributed by atoms with van der Waals surface area (Å²) in [6.07, 6.45) is 2.44. The number of H-pyrrole nitrogens is 1. The van der Waals surface area contributed by atoms with Crippen LogP contribution >= 0.6 is 0 Å². The van der Waals surface area contributed by atoms with E-state index < -0.39 is 9.84 Å². The van der Waals surface area contributed by atoms with E-state index in [9.17, 15) is 8.42 Å². The zero-order chi connectivity index (χ0) is 13.5. The topological polar surface area (TPSA) is 101 Å². The molecule has 1 aliphatic heterocycles. The number of sulfone groups is 1. The molecule has 19 heavy (non-hydrogen) atoms. The Hall–Kier alpha value is -1.76. The van der Waals surface area contributed by atoms with Crippen molar-refractivity contribution in [1.82, 2.24) is 10.2 Å². The van der Waals surface area contributed by atoms with E-state index in [1.165, 1.54) is 0 Å². The average molecular weight is 280 g/mol. The molecule has 0 amide bonds. The largest absolute Gasteiger partial charge is 0.397 e. The number of fused-ring (bicyclic) bond motifs is 1. The highest BCUT2D eigenvalue weighted by Crippen LogP contribution is 2.26. The number of nitrogens with zero attached hydrogens (tertiary/aromatic N) is 1. The van der Waals surface area contributed by atoms with Gasteiger partial charge in [0.1, 0.15) is 0 Å². The first kappa shape index (κ1) is 12.3. The standard InChI is InChI=1S/C12H16N4O2S/c13-10-3-9-6-15-16-11(9)4-12(10)14-5-8-1-2-19(17,18)7-8/h3-4,6,8,14H,1-2,5,7,13H2,(H,15,16). The zero-order valence-electron chi connectivity index (χ0n) is 10.4. The van der Waals surface area contributed by atoms with Crippen molar-refractivity contribution in [3.63, 3.8) is 0 Å². The van der Waals surface area contributed by atoms with E-state index in [-0.39, 0.29) is 11.7 Å². The quantitative estimate of drug-likeness (QED) is 0.728. The fourth-order valence-corrected chi connectivity index (χ4v) is 4.31. The number of nitrogens with two attached hydrogens (primary N) is 1. The molecule has 2 heterocycles. The molecule has 1 aliphatic rings. The van der Waals surface area contributed by atoms with Gasteiger partial charge in [0.15, 0.2) is 9.84 Å². The molecule has 1 aromatic carbocycles. The maximum atomic E-state index is 11.4. The molecule has 0 radical (unpaired) electrons. The molecule has 0 saturated carbocycles. The molecule has 7 heteroatoms. The van der Waals surface area contributed by atoms with Crippen LogP contribution in [0.4, 0.5) is 11.4 Å². The van der Waals surface area contributed by atoms with Crippen LogP contribution in [0, 0.1) is 5.92 Å². The molecule has 1 atom stereocenters. The lowest BCUT2D eigenvalue weighted by molar-refractivity contribution is 0.596. The number of aromatic nitrogens is 2. The molecule has 6 nitrogen and oxygen atoms in total. The third kappa shape index (κ3) is 2.51. The van der Waals surface area contributed by atoms with Crippen LogP contribution in [0.15, 0.2) is 18.3 Å². The van der Waals surface area contributed by atoms with Crippen molar-refractivity contribution in [3.8, 4) is 0 Å². The first-order chi connectivity index (χ1) is 9.03. The van der Waals surface area contributed by atoms with Gasteiger partial charge in [-0.2, -0.15) is 5.10 Å². The lowest BCUT2D eigenvalue weighted by atomic mass is 10.1. The molecule has 1 unspecified atom stereocenters. The summed E-state index contributed by atoms with van der Waals surface area (Å²) < 4.78 is 22.8. The van der Waals surface area contributed by atoms with E-state index in [0.717, 1.165) is 23.0 Å². The van der Waals surface area contributed by atoms with Gasteiger partial charge in [-0.3, -0.25) is 5.10 Å². The second-order valence-electron chi connectivity index (χ2n) is 5.05. The van der Waals surface area contributed by atoms with Crippen LogP contribution in [0.5, 0.6) is 0 Å².